The molecule has 2 N–H and O–H groups in total. The van der Waals surface area contributed by atoms with E-state index < -0.39 is 0 Å². The smallest absolute Gasteiger partial charge is 0.249 e. The number of nitriles is 1. The van der Waals surface area contributed by atoms with Gasteiger partial charge in [-0.25, -0.2) is 0 Å². The summed E-state index contributed by atoms with van der Waals surface area (Å²) in [6.45, 7) is 1.68. The first-order valence-electron chi connectivity index (χ1n) is 6.53. The predicted molar refractivity (Wildman–Crippen MR) is 81.3 cm³/mol. The summed E-state index contributed by atoms with van der Waals surface area (Å²) in [5, 5.41) is 22.8. The molecule has 0 amide bonds. The van der Waals surface area contributed by atoms with E-state index in [2.05, 4.69) is 36.8 Å². The van der Waals surface area contributed by atoms with E-state index in [1.165, 1.54) is 0 Å². The molecule has 1 aromatic heterocycles. The number of hydrogen-bond acceptors (Lipinski definition) is 7. The third-order valence-corrected chi connectivity index (χ3v) is 2.69. The molecule has 0 aliphatic carbocycles. The molecule has 0 atom stereocenters. The summed E-state index contributed by atoms with van der Waals surface area (Å²) in [5.41, 5.74) is 1.42. The van der Waals surface area contributed by atoms with Crippen LogP contribution in [0.1, 0.15) is 5.56 Å². The average molecular weight is 283 g/mol. The van der Waals surface area contributed by atoms with Crippen molar-refractivity contribution in [1.82, 2.24) is 20.1 Å². The highest BCUT2D eigenvalue weighted by atomic mass is 15.3. The molecule has 21 heavy (non-hydrogen) atoms. The highest BCUT2D eigenvalue weighted by molar-refractivity contribution is 5.55. The summed E-state index contributed by atoms with van der Waals surface area (Å²) in [6.07, 6.45) is 1.58. The SMILES string of the molecule is CN(C)CCNc1cnnc(Nc2ccc(C#N)cc2)n1. The Balaban J connectivity index is 1.98. The molecule has 0 unspecified atom stereocenters. The molecule has 7 nitrogen and oxygen atoms in total. The van der Waals surface area contributed by atoms with Crippen LogP contribution in [0.4, 0.5) is 17.5 Å². The van der Waals surface area contributed by atoms with Gasteiger partial charge in [-0.2, -0.15) is 15.3 Å². The van der Waals surface area contributed by atoms with Crippen LogP contribution in [0, 0.1) is 11.3 Å². The molecule has 108 valence electrons. The Morgan fingerprint density at radius 2 is 2.00 bits per heavy atom. The van der Waals surface area contributed by atoms with Crippen molar-refractivity contribution in [2.45, 2.75) is 0 Å². The molecule has 0 aliphatic rings. The van der Waals surface area contributed by atoms with Crippen LogP contribution in [0.3, 0.4) is 0 Å². The van der Waals surface area contributed by atoms with Gasteiger partial charge in [0.05, 0.1) is 17.8 Å². The van der Waals surface area contributed by atoms with Crippen molar-refractivity contribution in [1.29, 1.82) is 5.26 Å². The van der Waals surface area contributed by atoms with Crippen molar-refractivity contribution in [3.63, 3.8) is 0 Å². The molecular weight excluding hydrogens is 266 g/mol. The maximum Gasteiger partial charge on any atom is 0.249 e. The fourth-order valence-corrected chi connectivity index (χ4v) is 1.61. The van der Waals surface area contributed by atoms with Crippen molar-refractivity contribution < 1.29 is 0 Å². The van der Waals surface area contributed by atoms with E-state index in [-0.39, 0.29) is 0 Å². The van der Waals surface area contributed by atoms with Crippen LogP contribution in [-0.4, -0.2) is 47.3 Å². The molecule has 1 aromatic carbocycles. The minimum Gasteiger partial charge on any atom is -0.367 e. The zero-order valence-electron chi connectivity index (χ0n) is 12.0. The van der Waals surface area contributed by atoms with Gasteiger partial charge in [-0.3, -0.25) is 0 Å². The zero-order valence-corrected chi connectivity index (χ0v) is 12.0. The first-order chi connectivity index (χ1) is 10.2. The molecule has 2 aromatic rings. The molecule has 0 aliphatic heterocycles. The van der Waals surface area contributed by atoms with E-state index in [9.17, 15) is 0 Å². The van der Waals surface area contributed by atoms with E-state index in [0.29, 0.717) is 17.3 Å². The molecular formula is C14H17N7. The number of benzene rings is 1. The summed E-state index contributed by atoms with van der Waals surface area (Å²) in [7, 11) is 4.02. The van der Waals surface area contributed by atoms with Gasteiger partial charge in [-0.05, 0) is 38.4 Å². The van der Waals surface area contributed by atoms with Crippen LogP contribution in [0.5, 0.6) is 0 Å². The average Bonchev–Trinajstić information content (AvgIpc) is 2.48. The van der Waals surface area contributed by atoms with Crippen LogP contribution in [0.25, 0.3) is 0 Å². The van der Waals surface area contributed by atoms with E-state index in [4.69, 9.17) is 5.26 Å². The third kappa shape index (κ3) is 4.71. The van der Waals surface area contributed by atoms with Crippen LogP contribution >= 0.6 is 0 Å². The van der Waals surface area contributed by atoms with Crippen molar-refractivity contribution in [2.75, 3.05) is 37.8 Å². The summed E-state index contributed by atoms with van der Waals surface area (Å²) in [4.78, 5) is 6.41. The van der Waals surface area contributed by atoms with Crippen molar-refractivity contribution in [3.05, 3.63) is 36.0 Å². The minimum absolute atomic E-state index is 0.412. The molecule has 0 saturated heterocycles. The Morgan fingerprint density at radius 1 is 1.24 bits per heavy atom. The van der Waals surface area contributed by atoms with Crippen LogP contribution in [0.15, 0.2) is 30.5 Å². The molecule has 0 fully saturated rings. The molecule has 0 saturated carbocycles. The van der Waals surface area contributed by atoms with Gasteiger partial charge in [0, 0.05) is 18.8 Å². The highest BCUT2D eigenvalue weighted by Gasteiger charge is 2.01. The lowest BCUT2D eigenvalue weighted by molar-refractivity contribution is 0.425. The fourth-order valence-electron chi connectivity index (χ4n) is 1.61. The molecule has 1 heterocycles. The number of rotatable bonds is 6. The maximum absolute atomic E-state index is 8.76. The molecule has 0 spiro atoms. The Hall–Kier alpha value is -2.72. The monoisotopic (exact) mass is 283 g/mol. The minimum atomic E-state index is 0.412. The maximum atomic E-state index is 8.76. The number of likely N-dealkylation sites (N-methyl/N-ethyl adjacent to an activating group) is 1. The number of anilines is 3. The molecule has 0 radical (unpaired) electrons. The first kappa shape index (κ1) is 14.7. The van der Waals surface area contributed by atoms with Crippen molar-refractivity contribution in [3.8, 4) is 6.07 Å². The number of hydrogen-bond donors (Lipinski definition) is 2. The van der Waals surface area contributed by atoms with Crippen LogP contribution in [0.2, 0.25) is 0 Å². The second-order valence-corrected chi connectivity index (χ2v) is 4.71. The number of nitrogens with one attached hydrogen (secondary N) is 2. The second kappa shape index (κ2) is 7.17. The Bertz CT molecular complexity index is 616. The normalized spacial score (nSPS) is 10.2. The topological polar surface area (TPSA) is 89.8 Å². The molecule has 0 bridgehead atoms. The molecule has 7 heteroatoms. The second-order valence-electron chi connectivity index (χ2n) is 4.71. The Kier molecular flexibility index (Phi) is 5.01. The van der Waals surface area contributed by atoms with Crippen molar-refractivity contribution in [2.24, 2.45) is 0 Å². The fraction of sp³-hybridized carbons (Fsp3) is 0.286. The standard InChI is InChI=1S/C14H17N7/c1-21(2)8-7-16-13-10-17-20-14(19-13)18-12-5-3-11(9-15)4-6-12/h3-6,10H,7-8H2,1-2H3,(H2,16,18,19,20). The summed E-state index contributed by atoms with van der Waals surface area (Å²) in [5.74, 6) is 1.08. The lowest BCUT2D eigenvalue weighted by atomic mass is 10.2. The van der Waals surface area contributed by atoms with Gasteiger partial charge < -0.3 is 15.5 Å². The lowest BCUT2D eigenvalue weighted by Gasteiger charge is -2.11. The Labute approximate surface area is 123 Å². The summed E-state index contributed by atoms with van der Waals surface area (Å²) < 4.78 is 0. The molecule has 2 rings (SSSR count). The van der Waals surface area contributed by atoms with Gasteiger partial charge in [0.25, 0.3) is 0 Å². The third-order valence-electron chi connectivity index (χ3n) is 2.69. The number of aromatic nitrogens is 3. The van der Waals surface area contributed by atoms with E-state index in [1.807, 2.05) is 14.1 Å². The largest absolute Gasteiger partial charge is 0.367 e. The number of nitrogens with zero attached hydrogens (tertiary/aromatic N) is 5. The summed E-state index contributed by atoms with van der Waals surface area (Å²) in [6, 6.07) is 9.14. The first-order valence-corrected chi connectivity index (χ1v) is 6.53. The van der Waals surface area contributed by atoms with Crippen LogP contribution < -0.4 is 10.6 Å². The van der Waals surface area contributed by atoms with Gasteiger partial charge in [-0.15, -0.1) is 5.10 Å². The Morgan fingerprint density at radius 3 is 2.67 bits per heavy atom. The lowest BCUT2D eigenvalue weighted by Crippen LogP contribution is -2.21. The highest BCUT2D eigenvalue weighted by Crippen LogP contribution is 2.14. The van der Waals surface area contributed by atoms with E-state index in [0.717, 1.165) is 18.8 Å². The van der Waals surface area contributed by atoms with Gasteiger partial charge in [0.1, 0.15) is 0 Å². The van der Waals surface area contributed by atoms with Gasteiger partial charge in [0.15, 0.2) is 5.82 Å². The van der Waals surface area contributed by atoms with E-state index >= 15 is 0 Å². The van der Waals surface area contributed by atoms with E-state index in [1.54, 1.807) is 30.5 Å². The van der Waals surface area contributed by atoms with Crippen LogP contribution in [-0.2, 0) is 0 Å². The van der Waals surface area contributed by atoms with Gasteiger partial charge >= 0.3 is 0 Å². The van der Waals surface area contributed by atoms with Gasteiger partial charge in [-0.1, -0.05) is 0 Å². The zero-order chi connectivity index (χ0) is 15.1. The predicted octanol–water partition coefficient (Wildman–Crippen LogP) is 1.46. The van der Waals surface area contributed by atoms with Gasteiger partial charge in [0.2, 0.25) is 5.95 Å². The summed E-state index contributed by atoms with van der Waals surface area (Å²) >= 11 is 0. The quantitative estimate of drug-likeness (QED) is 0.829. The van der Waals surface area contributed by atoms with Crippen molar-refractivity contribution >= 4 is 17.5 Å².